The summed E-state index contributed by atoms with van der Waals surface area (Å²) in [5, 5.41) is 2.71. The molecule has 4 heterocycles. The monoisotopic (exact) mass is 649 g/mol. The number of thiophene rings is 1. The predicted octanol–water partition coefficient (Wildman–Crippen LogP) is 2.90. The minimum atomic E-state index is -5.83. The summed E-state index contributed by atoms with van der Waals surface area (Å²) in [6.45, 7) is 1.54. The van der Waals surface area contributed by atoms with E-state index in [2.05, 4.69) is 10.3 Å². The standard InChI is InChI=1S/C28H30F2N5O7PS/c1-16(36)34-11-10-20-8-9-22(27(39)33(2)19-6-4-3-5-7-19)35(20)26(38)21(15-34)32-24(37)23-13-17-12-18(14-31-25(17)44-23)28(29,30)43(40,41)42/h3-7,12-14,20-22H,8-11,15H2,1-2H3,(H,32,37)(H2,40,41,42)/t20-,21+,22+/m1/s1. The van der Waals surface area contributed by atoms with Crippen LogP contribution in [0.5, 0.6) is 0 Å². The lowest BCUT2D eigenvalue weighted by molar-refractivity contribution is -0.144. The van der Waals surface area contributed by atoms with E-state index in [1.165, 1.54) is 27.7 Å². The second-order valence-corrected chi connectivity index (χ2v) is 13.5. The van der Waals surface area contributed by atoms with Crippen molar-refractivity contribution >= 4 is 58.5 Å². The van der Waals surface area contributed by atoms with E-state index in [0.29, 0.717) is 37.7 Å². The van der Waals surface area contributed by atoms with Crippen LogP contribution >= 0.6 is 18.9 Å². The number of alkyl halides is 2. The second kappa shape index (κ2) is 12.0. The number of amides is 4. The molecule has 4 amide bonds. The lowest BCUT2D eigenvalue weighted by atomic mass is 10.1. The van der Waals surface area contributed by atoms with Crippen LogP contribution in [0, 0.1) is 0 Å². The molecule has 12 nitrogen and oxygen atoms in total. The van der Waals surface area contributed by atoms with Crippen LogP contribution in [0.3, 0.4) is 0 Å². The molecular weight excluding hydrogens is 619 g/mol. The highest BCUT2D eigenvalue weighted by atomic mass is 32.1. The third-order valence-electron chi connectivity index (χ3n) is 8.01. The van der Waals surface area contributed by atoms with E-state index in [-0.39, 0.29) is 39.5 Å². The maximum atomic E-state index is 14.2. The predicted molar refractivity (Wildman–Crippen MR) is 157 cm³/mol. The molecule has 0 aliphatic carbocycles. The van der Waals surface area contributed by atoms with Gasteiger partial charge < -0.3 is 29.8 Å². The maximum Gasteiger partial charge on any atom is 0.399 e. The minimum Gasteiger partial charge on any atom is -0.340 e. The summed E-state index contributed by atoms with van der Waals surface area (Å²) in [4.78, 5) is 80.0. The van der Waals surface area contributed by atoms with Gasteiger partial charge in [-0.15, -0.1) is 11.3 Å². The number of carbonyl (C=O) groups excluding carboxylic acids is 4. The zero-order valence-electron chi connectivity index (χ0n) is 23.7. The number of pyridine rings is 1. The molecule has 3 atom stereocenters. The van der Waals surface area contributed by atoms with Crippen molar-refractivity contribution in [3.63, 3.8) is 0 Å². The van der Waals surface area contributed by atoms with Gasteiger partial charge in [0, 0.05) is 50.4 Å². The van der Waals surface area contributed by atoms with Gasteiger partial charge in [-0.2, -0.15) is 8.78 Å². The van der Waals surface area contributed by atoms with E-state index in [9.17, 15) is 32.5 Å². The fourth-order valence-corrected chi connectivity index (χ4v) is 6.96. The first-order valence-electron chi connectivity index (χ1n) is 13.7. The number of hydrogen-bond donors (Lipinski definition) is 3. The lowest BCUT2D eigenvalue weighted by Gasteiger charge is -2.39. The number of halogens is 2. The minimum absolute atomic E-state index is 0.00258. The Bertz CT molecular complexity index is 1670. The van der Waals surface area contributed by atoms with Gasteiger partial charge in [0.1, 0.15) is 16.9 Å². The van der Waals surface area contributed by atoms with Gasteiger partial charge in [0.15, 0.2) is 0 Å². The summed E-state index contributed by atoms with van der Waals surface area (Å²) in [5.74, 6) is -1.82. The quantitative estimate of drug-likeness (QED) is 0.344. The number of carbonyl (C=O) groups is 4. The Hall–Kier alpha value is -3.78. The molecule has 2 aromatic heterocycles. The van der Waals surface area contributed by atoms with Crippen LogP contribution in [-0.4, -0.2) is 86.5 Å². The van der Waals surface area contributed by atoms with Crippen molar-refractivity contribution in [2.75, 3.05) is 25.0 Å². The van der Waals surface area contributed by atoms with Crippen molar-refractivity contribution in [2.24, 2.45) is 0 Å². The van der Waals surface area contributed by atoms with Crippen molar-refractivity contribution in [1.29, 1.82) is 0 Å². The molecule has 0 spiro atoms. The number of nitrogens with zero attached hydrogens (tertiary/aromatic N) is 4. The largest absolute Gasteiger partial charge is 0.399 e. The first-order valence-corrected chi connectivity index (χ1v) is 16.2. The Balaban J connectivity index is 1.41. The molecule has 16 heteroatoms. The van der Waals surface area contributed by atoms with Crippen molar-refractivity contribution in [1.82, 2.24) is 20.1 Å². The third kappa shape index (κ3) is 5.96. The third-order valence-corrected chi connectivity index (χ3v) is 10.1. The average Bonchev–Trinajstić information content (AvgIpc) is 3.60. The molecule has 2 aliphatic heterocycles. The molecule has 3 aromatic rings. The van der Waals surface area contributed by atoms with Gasteiger partial charge in [0.25, 0.3) is 5.91 Å². The van der Waals surface area contributed by atoms with E-state index in [1.54, 1.807) is 31.3 Å². The first kappa shape index (κ1) is 31.6. The Labute approximate surface area is 254 Å². The van der Waals surface area contributed by atoms with Crippen LogP contribution in [0.4, 0.5) is 14.5 Å². The Morgan fingerprint density at radius 3 is 2.50 bits per heavy atom. The van der Waals surface area contributed by atoms with Crippen LogP contribution in [0.1, 0.15) is 41.4 Å². The molecule has 0 unspecified atom stereocenters. The zero-order chi connectivity index (χ0) is 32.0. The summed E-state index contributed by atoms with van der Waals surface area (Å²) in [6, 6.07) is 8.75. The number of hydrogen-bond acceptors (Lipinski definition) is 7. The normalized spacial score (nSPS) is 21.0. The Morgan fingerprint density at radius 1 is 1.14 bits per heavy atom. The topological polar surface area (TPSA) is 160 Å². The highest BCUT2D eigenvalue weighted by Gasteiger charge is 2.51. The van der Waals surface area contributed by atoms with E-state index in [0.717, 1.165) is 17.4 Å². The summed E-state index contributed by atoms with van der Waals surface area (Å²) in [5.41, 5.74) is -4.82. The molecule has 1 aromatic carbocycles. The number of anilines is 1. The van der Waals surface area contributed by atoms with Gasteiger partial charge in [-0.3, -0.25) is 23.7 Å². The molecule has 0 saturated carbocycles. The van der Waals surface area contributed by atoms with E-state index < -0.39 is 42.7 Å². The van der Waals surface area contributed by atoms with Crippen LogP contribution in [0.2, 0.25) is 0 Å². The molecule has 234 valence electrons. The number of likely N-dealkylation sites (N-methyl/N-ethyl adjacent to an activating group) is 1. The van der Waals surface area contributed by atoms with Crippen LogP contribution in [0.15, 0.2) is 48.7 Å². The fraction of sp³-hybridized carbons (Fsp3) is 0.393. The van der Waals surface area contributed by atoms with Gasteiger partial charge in [0.2, 0.25) is 17.7 Å². The van der Waals surface area contributed by atoms with E-state index >= 15 is 0 Å². The zero-order valence-corrected chi connectivity index (χ0v) is 25.4. The molecule has 5 rings (SSSR count). The fourth-order valence-electron chi connectivity index (χ4n) is 5.62. The van der Waals surface area contributed by atoms with Crippen LogP contribution in [-0.2, 0) is 24.6 Å². The number of aromatic nitrogens is 1. The molecule has 3 N–H and O–H groups in total. The van der Waals surface area contributed by atoms with Gasteiger partial charge in [-0.05, 0) is 43.5 Å². The van der Waals surface area contributed by atoms with Crippen molar-refractivity contribution in [2.45, 2.75) is 50.0 Å². The van der Waals surface area contributed by atoms with Crippen LogP contribution < -0.4 is 10.2 Å². The molecule has 44 heavy (non-hydrogen) atoms. The number of fused-ring (bicyclic) bond motifs is 2. The molecule has 0 radical (unpaired) electrons. The van der Waals surface area contributed by atoms with Gasteiger partial charge in [0.05, 0.1) is 10.4 Å². The maximum absolute atomic E-state index is 14.2. The first-order chi connectivity index (χ1) is 20.7. The average molecular weight is 650 g/mol. The van der Waals surface area contributed by atoms with Gasteiger partial charge in [-0.25, -0.2) is 4.98 Å². The van der Waals surface area contributed by atoms with Gasteiger partial charge >= 0.3 is 13.3 Å². The van der Waals surface area contributed by atoms with E-state index in [4.69, 9.17) is 9.79 Å². The van der Waals surface area contributed by atoms with E-state index in [1.807, 2.05) is 6.07 Å². The SMILES string of the molecule is CC(=O)N1CC[C@H]2CC[C@@H](C(=O)N(C)c3ccccc3)N2C(=O)[C@@H](NC(=O)c2cc3cc(C(F)(F)P(=O)(O)O)cnc3s2)C1. The summed E-state index contributed by atoms with van der Waals surface area (Å²) in [6.07, 6.45) is 2.06. The molecule has 0 bridgehead atoms. The van der Waals surface area contributed by atoms with Crippen molar-refractivity contribution in [3.8, 4) is 0 Å². The number of rotatable bonds is 6. The Kier molecular flexibility index (Phi) is 8.60. The summed E-state index contributed by atoms with van der Waals surface area (Å²) >= 11 is 0.837. The van der Waals surface area contributed by atoms with Crippen LogP contribution in [0.25, 0.3) is 10.2 Å². The number of benzene rings is 1. The molecule has 2 saturated heterocycles. The number of para-hydroxylation sites is 1. The van der Waals surface area contributed by atoms with Crippen molar-refractivity contribution < 1.29 is 42.3 Å². The van der Waals surface area contributed by atoms with Gasteiger partial charge in [-0.1, -0.05) is 18.2 Å². The second-order valence-electron chi connectivity index (χ2n) is 10.8. The molecule has 2 fully saturated rings. The summed E-state index contributed by atoms with van der Waals surface area (Å²) < 4.78 is 39.8. The lowest BCUT2D eigenvalue weighted by Crippen LogP contribution is -2.61. The molecular formula is C28H30F2N5O7PS. The van der Waals surface area contributed by atoms with Crippen molar-refractivity contribution in [3.05, 3.63) is 59.1 Å². The summed E-state index contributed by atoms with van der Waals surface area (Å²) in [7, 11) is -4.20. The number of nitrogens with one attached hydrogen (secondary N) is 1. The highest BCUT2D eigenvalue weighted by molar-refractivity contribution is 7.52. The molecule has 2 aliphatic rings. The highest BCUT2D eigenvalue weighted by Crippen LogP contribution is 2.59. The Morgan fingerprint density at radius 2 is 1.84 bits per heavy atom. The smallest absolute Gasteiger partial charge is 0.340 e.